The third-order valence-electron chi connectivity index (χ3n) is 5.99. The van der Waals surface area contributed by atoms with Gasteiger partial charge in [0.05, 0.1) is 25.9 Å². The van der Waals surface area contributed by atoms with Gasteiger partial charge < -0.3 is 24.6 Å². The first-order valence-electron chi connectivity index (χ1n) is 12.4. The molecule has 8 heteroatoms. The highest BCUT2D eigenvalue weighted by molar-refractivity contribution is 6.01. The standard InChI is InChI=1S/C31H30N2O6/c1-37-25-14-12-22(13-15-25)16-33-31(36)26-17-32-29(28(35)21-38-19-23-8-4-2-5-9-23)30(27(26)18-34)39-20-24-10-6-3-7-11-24/h2-15,17,34H,16,18-21H2,1H3,(H,33,36). The molecule has 0 aliphatic rings. The lowest BCUT2D eigenvalue weighted by atomic mass is 10.1. The lowest BCUT2D eigenvalue weighted by Crippen LogP contribution is -2.25. The Hall–Kier alpha value is -4.53. The lowest BCUT2D eigenvalue weighted by Gasteiger charge is -2.17. The van der Waals surface area contributed by atoms with Crippen molar-refractivity contribution >= 4 is 11.7 Å². The van der Waals surface area contributed by atoms with Crippen LogP contribution in [-0.2, 0) is 31.1 Å². The van der Waals surface area contributed by atoms with Gasteiger partial charge in [0.2, 0.25) is 5.78 Å². The molecule has 0 radical (unpaired) electrons. The van der Waals surface area contributed by atoms with E-state index in [-0.39, 0.29) is 48.9 Å². The number of pyridine rings is 1. The molecule has 0 spiro atoms. The summed E-state index contributed by atoms with van der Waals surface area (Å²) in [6.45, 7) is -0.133. The van der Waals surface area contributed by atoms with Crippen LogP contribution in [0.25, 0.3) is 0 Å². The van der Waals surface area contributed by atoms with Crippen molar-refractivity contribution in [3.63, 3.8) is 0 Å². The van der Waals surface area contributed by atoms with E-state index in [4.69, 9.17) is 14.2 Å². The molecule has 0 atom stereocenters. The van der Waals surface area contributed by atoms with Crippen LogP contribution in [0, 0.1) is 0 Å². The SMILES string of the molecule is COc1ccc(CNC(=O)c2cnc(C(=O)COCc3ccccc3)c(OCc3ccccc3)c2CO)cc1. The number of hydrogen-bond acceptors (Lipinski definition) is 7. The number of nitrogens with one attached hydrogen (secondary N) is 1. The summed E-state index contributed by atoms with van der Waals surface area (Å²) in [5.74, 6) is -0.100. The van der Waals surface area contributed by atoms with E-state index in [1.807, 2.05) is 72.8 Å². The van der Waals surface area contributed by atoms with Crippen molar-refractivity contribution < 1.29 is 28.9 Å². The number of aromatic nitrogens is 1. The van der Waals surface area contributed by atoms with Crippen molar-refractivity contribution in [2.45, 2.75) is 26.4 Å². The van der Waals surface area contributed by atoms with Gasteiger partial charge in [0.25, 0.3) is 5.91 Å². The van der Waals surface area contributed by atoms with Crippen molar-refractivity contribution in [3.8, 4) is 11.5 Å². The Kier molecular flexibility index (Phi) is 9.77. The summed E-state index contributed by atoms with van der Waals surface area (Å²) >= 11 is 0. The minimum Gasteiger partial charge on any atom is -0.497 e. The van der Waals surface area contributed by atoms with Crippen molar-refractivity contribution in [2.24, 2.45) is 0 Å². The quantitative estimate of drug-likeness (QED) is 0.247. The summed E-state index contributed by atoms with van der Waals surface area (Å²) in [4.78, 5) is 30.5. The molecule has 8 nitrogen and oxygen atoms in total. The summed E-state index contributed by atoms with van der Waals surface area (Å²) in [6.07, 6.45) is 1.29. The van der Waals surface area contributed by atoms with E-state index < -0.39 is 18.3 Å². The number of ether oxygens (including phenoxy) is 3. The topological polar surface area (TPSA) is 107 Å². The van der Waals surface area contributed by atoms with Crippen molar-refractivity contribution in [1.29, 1.82) is 0 Å². The summed E-state index contributed by atoms with van der Waals surface area (Å²) in [7, 11) is 1.58. The molecule has 0 saturated carbocycles. The zero-order valence-corrected chi connectivity index (χ0v) is 21.6. The normalized spacial score (nSPS) is 10.6. The minimum atomic E-state index is -0.525. The number of aliphatic hydroxyl groups excluding tert-OH is 1. The number of benzene rings is 3. The number of nitrogens with zero attached hydrogens (tertiary/aromatic N) is 1. The number of Topliss-reactive ketones (excluding diaryl/α,β-unsaturated/α-hetero) is 1. The van der Waals surface area contributed by atoms with Gasteiger partial charge in [-0.3, -0.25) is 9.59 Å². The third-order valence-corrected chi connectivity index (χ3v) is 5.99. The van der Waals surface area contributed by atoms with Crippen LogP contribution < -0.4 is 14.8 Å². The number of aliphatic hydroxyl groups is 1. The van der Waals surface area contributed by atoms with Gasteiger partial charge in [0.15, 0.2) is 11.4 Å². The molecule has 0 saturated heterocycles. The van der Waals surface area contributed by atoms with Gasteiger partial charge in [-0.1, -0.05) is 72.8 Å². The lowest BCUT2D eigenvalue weighted by molar-refractivity contribution is 0.0716. The Morgan fingerprint density at radius 1 is 0.846 bits per heavy atom. The number of ketones is 1. The smallest absolute Gasteiger partial charge is 0.253 e. The van der Waals surface area contributed by atoms with Crippen LogP contribution in [0.1, 0.15) is 43.1 Å². The molecular weight excluding hydrogens is 496 g/mol. The molecule has 0 aliphatic heterocycles. The van der Waals surface area contributed by atoms with Gasteiger partial charge in [-0.15, -0.1) is 0 Å². The van der Waals surface area contributed by atoms with Crippen molar-refractivity contribution in [3.05, 3.63) is 125 Å². The zero-order chi connectivity index (χ0) is 27.5. The fourth-order valence-electron chi connectivity index (χ4n) is 3.89. The molecule has 39 heavy (non-hydrogen) atoms. The van der Waals surface area contributed by atoms with Crippen LogP contribution >= 0.6 is 0 Å². The molecule has 0 unspecified atom stereocenters. The predicted octanol–water partition coefficient (Wildman–Crippen LogP) is 4.49. The van der Waals surface area contributed by atoms with E-state index in [0.29, 0.717) is 5.75 Å². The van der Waals surface area contributed by atoms with E-state index >= 15 is 0 Å². The van der Waals surface area contributed by atoms with E-state index in [0.717, 1.165) is 16.7 Å². The van der Waals surface area contributed by atoms with Crippen LogP contribution in [0.5, 0.6) is 11.5 Å². The largest absolute Gasteiger partial charge is 0.497 e. The van der Waals surface area contributed by atoms with E-state index in [1.54, 1.807) is 19.2 Å². The second-order valence-corrected chi connectivity index (χ2v) is 8.69. The van der Waals surface area contributed by atoms with Gasteiger partial charge in [0, 0.05) is 18.3 Å². The fraction of sp³-hybridized carbons (Fsp3) is 0.194. The molecule has 1 heterocycles. The number of amides is 1. The van der Waals surface area contributed by atoms with Crippen LogP contribution in [0.15, 0.2) is 91.1 Å². The molecule has 0 aliphatic carbocycles. The first-order valence-corrected chi connectivity index (χ1v) is 12.4. The molecule has 0 fully saturated rings. The molecule has 1 aromatic heterocycles. The third kappa shape index (κ3) is 7.50. The van der Waals surface area contributed by atoms with Crippen molar-refractivity contribution in [2.75, 3.05) is 13.7 Å². The van der Waals surface area contributed by atoms with E-state index in [2.05, 4.69) is 10.3 Å². The first-order chi connectivity index (χ1) is 19.1. The van der Waals surface area contributed by atoms with Gasteiger partial charge in [0.1, 0.15) is 19.0 Å². The average molecular weight is 527 g/mol. The maximum absolute atomic E-state index is 13.1. The molecule has 0 bridgehead atoms. The molecule has 4 rings (SSSR count). The zero-order valence-electron chi connectivity index (χ0n) is 21.6. The fourth-order valence-corrected chi connectivity index (χ4v) is 3.89. The molecule has 200 valence electrons. The molecule has 3 aromatic carbocycles. The van der Waals surface area contributed by atoms with Gasteiger partial charge >= 0.3 is 0 Å². The van der Waals surface area contributed by atoms with E-state index in [9.17, 15) is 14.7 Å². The summed E-state index contributed by atoms with van der Waals surface area (Å²) < 4.78 is 16.8. The number of rotatable bonds is 13. The van der Waals surface area contributed by atoms with Crippen LogP contribution in [0.4, 0.5) is 0 Å². The van der Waals surface area contributed by atoms with Crippen LogP contribution in [0.3, 0.4) is 0 Å². The average Bonchev–Trinajstić information content (AvgIpc) is 2.99. The number of methoxy groups -OCH3 is 1. The van der Waals surface area contributed by atoms with Crippen LogP contribution in [0.2, 0.25) is 0 Å². The maximum Gasteiger partial charge on any atom is 0.253 e. The Morgan fingerprint density at radius 2 is 1.49 bits per heavy atom. The van der Waals surface area contributed by atoms with E-state index in [1.165, 1.54) is 6.20 Å². The molecular formula is C31H30N2O6. The Morgan fingerprint density at radius 3 is 2.10 bits per heavy atom. The molecule has 1 amide bonds. The van der Waals surface area contributed by atoms with Crippen LogP contribution in [-0.4, -0.2) is 35.5 Å². The first kappa shape index (κ1) is 27.5. The minimum absolute atomic E-state index is 0.00486. The van der Waals surface area contributed by atoms with Gasteiger partial charge in [-0.25, -0.2) is 4.98 Å². The highest BCUT2D eigenvalue weighted by Crippen LogP contribution is 2.28. The highest BCUT2D eigenvalue weighted by atomic mass is 16.5. The Bertz CT molecular complexity index is 1380. The monoisotopic (exact) mass is 526 g/mol. The second-order valence-electron chi connectivity index (χ2n) is 8.69. The number of carbonyl (C=O) groups is 2. The molecule has 2 N–H and O–H groups in total. The Balaban J connectivity index is 1.54. The Labute approximate surface area is 227 Å². The summed E-state index contributed by atoms with van der Waals surface area (Å²) in [6, 6.07) is 26.2. The second kappa shape index (κ2) is 13.9. The molecule has 4 aromatic rings. The highest BCUT2D eigenvalue weighted by Gasteiger charge is 2.24. The summed E-state index contributed by atoms with van der Waals surface area (Å²) in [5.41, 5.74) is 2.95. The van der Waals surface area contributed by atoms with Crippen molar-refractivity contribution in [1.82, 2.24) is 10.3 Å². The maximum atomic E-state index is 13.1. The predicted molar refractivity (Wildman–Crippen MR) is 146 cm³/mol. The summed E-state index contributed by atoms with van der Waals surface area (Å²) in [5, 5.41) is 13.1. The number of carbonyl (C=O) groups excluding carboxylic acids is 2. The van der Waals surface area contributed by atoms with Gasteiger partial charge in [-0.05, 0) is 28.8 Å². The van der Waals surface area contributed by atoms with Gasteiger partial charge in [-0.2, -0.15) is 0 Å². The number of hydrogen-bond donors (Lipinski definition) is 2.